The van der Waals surface area contributed by atoms with E-state index in [1.165, 1.54) is 25.3 Å². The largest absolute Gasteiger partial charge is 0.468 e. The van der Waals surface area contributed by atoms with Crippen molar-refractivity contribution in [2.24, 2.45) is 0 Å². The monoisotopic (exact) mass is 326 g/mol. The molecule has 1 heterocycles. The van der Waals surface area contributed by atoms with Crippen molar-refractivity contribution in [1.29, 1.82) is 0 Å². The van der Waals surface area contributed by atoms with Crippen molar-refractivity contribution >= 4 is 5.97 Å². The number of hydrogen-bond donors (Lipinski definition) is 0. The van der Waals surface area contributed by atoms with Crippen molar-refractivity contribution in [2.45, 2.75) is 26.8 Å². The molecule has 0 spiro atoms. The van der Waals surface area contributed by atoms with E-state index in [9.17, 15) is 14.9 Å². The summed E-state index contributed by atoms with van der Waals surface area (Å²) in [6.45, 7) is 11.1. The maximum atomic E-state index is 12.1. The fourth-order valence-corrected chi connectivity index (χ4v) is 2.24. The molecule has 0 aromatic carbocycles. The van der Waals surface area contributed by atoms with E-state index in [4.69, 9.17) is 9.47 Å². The van der Waals surface area contributed by atoms with Crippen LogP contribution in [0.3, 0.4) is 0 Å². The Hall–Kier alpha value is -1.99. The number of hydrogen-bond acceptors (Lipinski definition) is 6. The van der Waals surface area contributed by atoms with Gasteiger partial charge < -0.3 is 9.47 Å². The molecule has 1 aliphatic heterocycles. The first kappa shape index (κ1) is 21.0. The van der Waals surface area contributed by atoms with Gasteiger partial charge in [-0.05, 0) is 13.0 Å². The van der Waals surface area contributed by atoms with E-state index in [0.717, 1.165) is 0 Å². The van der Waals surface area contributed by atoms with Gasteiger partial charge in [0, 0.05) is 13.1 Å². The second kappa shape index (κ2) is 11.6. The summed E-state index contributed by atoms with van der Waals surface area (Å²) in [4.78, 5) is 24.7. The van der Waals surface area contributed by atoms with E-state index < -0.39 is 16.9 Å². The molecule has 0 amide bonds. The average Bonchev–Trinajstić information content (AvgIpc) is 2.58. The van der Waals surface area contributed by atoms with Crippen molar-refractivity contribution in [1.82, 2.24) is 4.90 Å². The predicted octanol–water partition coefficient (Wildman–Crippen LogP) is 2.18. The maximum Gasteiger partial charge on any atom is 0.328 e. The topological polar surface area (TPSA) is 81.9 Å². The molecule has 7 heteroatoms. The Kier molecular flexibility index (Phi) is 10.6. The number of allylic oxidation sites excluding steroid dienone is 3. The number of morpholine rings is 1. The zero-order valence-corrected chi connectivity index (χ0v) is 14.3. The van der Waals surface area contributed by atoms with Gasteiger partial charge in [-0.15, -0.1) is 0 Å². The SMILES string of the molecule is C=C/C=C(\C(=C/C)[N+](=O)[O-])C(C(=O)OC)N1CCOCC1.CC. The molecule has 0 radical (unpaired) electrons. The highest BCUT2D eigenvalue weighted by molar-refractivity contribution is 5.81. The fraction of sp³-hybridized carbons (Fsp3) is 0.562. The minimum absolute atomic E-state index is 0.128. The first-order chi connectivity index (χ1) is 11.1. The summed E-state index contributed by atoms with van der Waals surface area (Å²) in [5.74, 6) is -0.536. The number of ether oxygens (including phenoxy) is 2. The number of methoxy groups -OCH3 is 1. The Balaban J connectivity index is 0.00000232. The van der Waals surface area contributed by atoms with Gasteiger partial charge in [0.25, 0.3) is 5.70 Å². The van der Waals surface area contributed by atoms with Crippen molar-refractivity contribution in [3.8, 4) is 0 Å². The standard InChI is InChI=1S/C14H20N2O5.C2H6/c1-4-6-11(12(5-2)16(18)19)13(14(17)20-3)15-7-9-21-10-8-15;1-2/h4-6,13H,1,7-10H2,2-3H3;1-2H3/b11-6+,12-5+;. The Bertz CT molecular complexity index is 465. The number of nitro groups is 1. The zero-order valence-electron chi connectivity index (χ0n) is 14.3. The Morgan fingerprint density at radius 1 is 1.39 bits per heavy atom. The number of carbonyl (C=O) groups is 1. The first-order valence-electron chi connectivity index (χ1n) is 7.60. The van der Waals surface area contributed by atoms with Gasteiger partial charge in [-0.1, -0.05) is 32.6 Å². The van der Waals surface area contributed by atoms with E-state index >= 15 is 0 Å². The molecule has 0 N–H and O–H groups in total. The molecule has 0 aromatic heterocycles. The van der Waals surface area contributed by atoms with Gasteiger partial charge in [-0.3, -0.25) is 15.0 Å². The molecule has 1 saturated heterocycles. The molecule has 130 valence electrons. The molecule has 1 aliphatic rings. The van der Waals surface area contributed by atoms with E-state index in [1.54, 1.807) is 6.92 Å². The van der Waals surface area contributed by atoms with Gasteiger partial charge in [-0.25, -0.2) is 4.79 Å². The lowest BCUT2D eigenvalue weighted by molar-refractivity contribution is -0.421. The highest BCUT2D eigenvalue weighted by Gasteiger charge is 2.36. The van der Waals surface area contributed by atoms with Crippen molar-refractivity contribution < 1.29 is 19.2 Å². The van der Waals surface area contributed by atoms with Gasteiger partial charge in [0.05, 0.1) is 30.8 Å². The Morgan fingerprint density at radius 2 is 1.96 bits per heavy atom. The van der Waals surface area contributed by atoms with Crippen molar-refractivity contribution in [3.63, 3.8) is 0 Å². The van der Waals surface area contributed by atoms with E-state index in [-0.39, 0.29) is 11.3 Å². The van der Waals surface area contributed by atoms with E-state index in [0.29, 0.717) is 26.3 Å². The molecule has 23 heavy (non-hydrogen) atoms. The maximum absolute atomic E-state index is 12.1. The van der Waals surface area contributed by atoms with Crippen LogP contribution in [0.5, 0.6) is 0 Å². The summed E-state index contributed by atoms with van der Waals surface area (Å²) in [7, 11) is 1.27. The molecule has 1 unspecified atom stereocenters. The Labute approximate surface area is 137 Å². The van der Waals surface area contributed by atoms with Gasteiger partial charge >= 0.3 is 5.97 Å². The molecular formula is C16H26N2O5. The van der Waals surface area contributed by atoms with Crippen LogP contribution in [0.4, 0.5) is 0 Å². The first-order valence-corrected chi connectivity index (χ1v) is 7.60. The number of rotatable bonds is 6. The van der Waals surface area contributed by atoms with Crippen molar-refractivity contribution in [3.05, 3.63) is 46.2 Å². The normalized spacial score (nSPS) is 17.6. The summed E-state index contributed by atoms with van der Waals surface area (Å²) in [5.41, 5.74) is 0.142. The highest BCUT2D eigenvalue weighted by Crippen LogP contribution is 2.22. The average molecular weight is 326 g/mol. The third-order valence-electron chi connectivity index (χ3n) is 3.19. The fourth-order valence-electron chi connectivity index (χ4n) is 2.24. The minimum Gasteiger partial charge on any atom is -0.468 e. The molecular weight excluding hydrogens is 300 g/mol. The van der Waals surface area contributed by atoms with Crippen LogP contribution in [0.15, 0.2) is 36.1 Å². The van der Waals surface area contributed by atoms with Gasteiger partial charge in [0.15, 0.2) is 0 Å². The predicted molar refractivity (Wildman–Crippen MR) is 88.6 cm³/mol. The smallest absolute Gasteiger partial charge is 0.328 e. The lowest BCUT2D eigenvalue weighted by Crippen LogP contribution is -2.49. The molecule has 0 saturated carbocycles. The van der Waals surface area contributed by atoms with Crippen LogP contribution in [-0.2, 0) is 14.3 Å². The summed E-state index contributed by atoms with van der Waals surface area (Å²) >= 11 is 0. The minimum atomic E-state index is -0.839. The van der Waals surface area contributed by atoms with Crippen molar-refractivity contribution in [2.75, 3.05) is 33.4 Å². The number of carbonyl (C=O) groups excluding carboxylic acids is 1. The third-order valence-corrected chi connectivity index (χ3v) is 3.19. The second-order valence-corrected chi connectivity index (χ2v) is 4.36. The van der Waals surface area contributed by atoms with Crippen LogP contribution in [0, 0.1) is 10.1 Å². The van der Waals surface area contributed by atoms with E-state index in [2.05, 4.69) is 6.58 Å². The lowest BCUT2D eigenvalue weighted by atomic mass is 10.0. The van der Waals surface area contributed by atoms with E-state index in [1.807, 2.05) is 18.7 Å². The van der Waals surface area contributed by atoms with Crippen LogP contribution < -0.4 is 0 Å². The van der Waals surface area contributed by atoms with Gasteiger partial charge in [0.1, 0.15) is 6.04 Å². The van der Waals surface area contributed by atoms with Crippen LogP contribution in [0.25, 0.3) is 0 Å². The summed E-state index contributed by atoms with van der Waals surface area (Å²) in [6.07, 6.45) is 4.28. The zero-order chi connectivity index (χ0) is 17.8. The quantitative estimate of drug-likeness (QED) is 0.322. The second-order valence-electron chi connectivity index (χ2n) is 4.36. The number of nitrogens with zero attached hydrogens (tertiary/aromatic N) is 2. The van der Waals surface area contributed by atoms with Crippen LogP contribution in [0.1, 0.15) is 20.8 Å². The molecule has 7 nitrogen and oxygen atoms in total. The molecule has 0 aliphatic carbocycles. The summed E-state index contributed by atoms with van der Waals surface area (Å²) < 4.78 is 10.1. The van der Waals surface area contributed by atoms with Crippen LogP contribution in [0.2, 0.25) is 0 Å². The summed E-state index contributed by atoms with van der Waals surface area (Å²) in [6, 6.07) is -0.839. The molecule has 1 atom stereocenters. The van der Waals surface area contributed by atoms with Gasteiger partial charge in [0.2, 0.25) is 0 Å². The summed E-state index contributed by atoms with van der Waals surface area (Å²) in [5, 5.41) is 11.2. The van der Waals surface area contributed by atoms with Crippen LogP contribution in [-0.4, -0.2) is 55.2 Å². The van der Waals surface area contributed by atoms with Crippen LogP contribution >= 0.6 is 0 Å². The number of esters is 1. The lowest BCUT2D eigenvalue weighted by Gasteiger charge is -2.33. The molecule has 0 aromatic rings. The highest BCUT2D eigenvalue weighted by atomic mass is 16.6. The third kappa shape index (κ3) is 5.96. The molecule has 0 bridgehead atoms. The molecule has 1 rings (SSSR count). The Morgan fingerprint density at radius 3 is 2.35 bits per heavy atom. The molecule has 1 fully saturated rings. The van der Waals surface area contributed by atoms with Gasteiger partial charge in [-0.2, -0.15) is 0 Å².